The minimum Gasteiger partial charge on any atom is -0.447 e. The summed E-state index contributed by atoms with van der Waals surface area (Å²) < 4.78 is 26.8. The molecule has 0 radical (unpaired) electrons. The summed E-state index contributed by atoms with van der Waals surface area (Å²) in [5.41, 5.74) is 0. The van der Waals surface area contributed by atoms with E-state index in [1.54, 1.807) is 14.1 Å². The number of nitrogens with two attached hydrogens (primary N) is 1. The Morgan fingerprint density at radius 2 is 2.12 bits per heavy atom. The average molecular weight is 261 g/mol. The number of rotatable bonds is 5. The number of hydrogen-bond acceptors (Lipinski definition) is 5. The fourth-order valence-corrected chi connectivity index (χ4v) is 1.54. The monoisotopic (exact) mass is 261 g/mol. The summed E-state index contributed by atoms with van der Waals surface area (Å²) in [6.07, 6.45) is 0. The van der Waals surface area contributed by atoms with Gasteiger partial charge in [0.2, 0.25) is 11.0 Å². The van der Waals surface area contributed by atoms with Crippen molar-refractivity contribution < 1.29 is 17.6 Å². The van der Waals surface area contributed by atoms with Crippen LogP contribution in [0.1, 0.15) is 5.76 Å². The van der Waals surface area contributed by atoms with Crippen LogP contribution < -0.4 is 10.5 Å². The van der Waals surface area contributed by atoms with Crippen LogP contribution in [0.4, 0.5) is 0 Å². The normalized spacial score (nSPS) is 11.5. The van der Waals surface area contributed by atoms with Gasteiger partial charge in [-0.25, -0.2) is 13.6 Å². The first-order chi connectivity index (χ1) is 7.80. The third-order valence-electron chi connectivity index (χ3n) is 1.99. The largest absolute Gasteiger partial charge is 0.447 e. The molecule has 0 aliphatic rings. The van der Waals surface area contributed by atoms with Crippen molar-refractivity contribution in [3.8, 4) is 0 Å². The highest BCUT2D eigenvalue weighted by atomic mass is 32.2. The summed E-state index contributed by atoms with van der Waals surface area (Å²) in [5, 5.41) is 7.43. The van der Waals surface area contributed by atoms with Crippen molar-refractivity contribution in [3.05, 3.63) is 17.9 Å². The van der Waals surface area contributed by atoms with Gasteiger partial charge >= 0.3 is 0 Å². The van der Waals surface area contributed by atoms with Crippen molar-refractivity contribution in [3.63, 3.8) is 0 Å². The van der Waals surface area contributed by atoms with Gasteiger partial charge in [0.25, 0.3) is 10.0 Å². The molecular weight excluding hydrogens is 246 g/mol. The van der Waals surface area contributed by atoms with Gasteiger partial charge in [-0.15, -0.1) is 0 Å². The van der Waals surface area contributed by atoms with Crippen LogP contribution in [0.15, 0.2) is 21.6 Å². The van der Waals surface area contributed by atoms with Gasteiger partial charge in [0.05, 0.1) is 13.1 Å². The van der Waals surface area contributed by atoms with E-state index in [-0.39, 0.29) is 24.1 Å². The highest BCUT2D eigenvalue weighted by Gasteiger charge is 2.13. The fourth-order valence-electron chi connectivity index (χ4n) is 1.06. The quantitative estimate of drug-likeness (QED) is 0.715. The summed E-state index contributed by atoms with van der Waals surface area (Å²) >= 11 is 0. The van der Waals surface area contributed by atoms with Crippen molar-refractivity contribution in [2.24, 2.45) is 5.14 Å². The molecule has 0 aromatic carbocycles. The van der Waals surface area contributed by atoms with E-state index in [9.17, 15) is 13.2 Å². The van der Waals surface area contributed by atoms with E-state index in [4.69, 9.17) is 9.56 Å². The molecule has 7 nitrogen and oxygen atoms in total. The molecule has 0 aliphatic carbocycles. The standard InChI is InChI=1S/C9H15N3O4S/c1-12(2)8(13)6-11-5-7-3-4-9(16-7)17(10,14)15/h3-4,11H,5-6H2,1-2H3,(H2,10,14,15). The lowest BCUT2D eigenvalue weighted by Crippen LogP contribution is -2.32. The molecule has 1 rings (SSSR count). The van der Waals surface area contributed by atoms with Gasteiger partial charge in [0.15, 0.2) is 0 Å². The Balaban J connectivity index is 2.49. The van der Waals surface area contributed by atoms with Gasteiger partial charge < -0.3 is 14.6 Å². The molecule has 0 unspecified atom stereocenters. The molecule has 0 saturated carbocycles. The third-order valence-corrected chi connectivity index (χ3v) is 2.77. The molecule has 1 amide bonds. The number of likely N-dealkylation sites (N-methyl/N-ethyl adjacent to an activating group) is 1. The van der Waals surface area contributed by atoms with Gasteiger partial charge in [-0.3, -0.25) is 4.79 Å². The molecule has 1 heterocycles. The van der Waals surface area contributed by atoms with Gasteiger partial charge in [-0.1, -0.05) is 0 Å². The predicted molar refractivity (Wildman–Crippen MR) is 60.5 cm³/mol. The molecule has 1 aromatic heterocycles. The van der Waals surface area contributed by atoms with E-state index in [1.165, 1.54) is 17.0 Å². The third kappa shape index (κ3) is 4.17. The van der Waals surface area contributed by atoms with Crippen LogP contribution in [0.25, 0.3) is 0 Å². The Hall–Kier alpha value is -1.38. The van der Waals surface area contributed by atoms with Gasteiger partial charge in [0.1, 0.15) is 5.76 Å². The van der Waals surface area contributed by atoms with Crippen molar-refractivity contribution in [1.82, 2.24) is 10.2 Å². The van der Waals surface area contributed by atoms with Crippen LogP contribution in [0.5, 0.6) is 0 Å². The molecule has 1 aromatic rings. The second kappa shape index (κ2) is 5.30. The molecular formula is C9H15N3O4S. The second-order valence-corrected chi connectivity index (χ2v) is 5.15. The number of sulfonamides is 1. The number of carbonyl (C=O) groups is 1. The number of carbonyl (C=O) groups excluding carboxylic acids is 1. The maximum atomic E-state index is 11.2. The smallest absolute Gasteiger partial charge is 0.271 e. The van der Waals surface area contributed by atoms with E-state index in [0.29, 0.717) is 5.76 Å². The Kier molecular flexibility index (Phi) is 4.27. The van der Waals surface area contributed by atoms with Crippen molar-refractivity contribution in [2.75, 3.05) is 20.6 Å². The van der Waals surface area contributed by atoms with E-state index >= 15 is 0 Å². The van der Waals surface area contributed by atoms with Crippen molar-refractivity contribution in [2.45, 2.75) is 11.6 Å². The Morgan fingerprint density at radius 3 is 2.59 bits per heavy atom. The van der Waals surface area contributed by atoms with Crippen LogP contribution in [-0.2, 0) is 21.4 Å². The molecule has 17 heavy (non-hydrogen) atoms. The summed E-state index contributed by atoms with van der Waals surface area (Å²) in [6.45, 7) is 0.410. The van der Waals surface area contributed by atoms with E-state index in [1.807, 2.05) is 0 Å². The zero-order valence-electron chi connectivity index (χ0n) is 9.63. The minimum atomic E-state index is -3.81. The molecule has 3 N–H and O–H groups in total. The summed E-state index contributed by atoms with van der Waals surface area (Å²) in [7, 11) is -0.509. The first-order valence-corrected chi connectivity index (χ1v) is 6.37. The SMILES string of the molecule is CN(C)C(=O)CNCc1ccc(S(N)(=O)=O)o1. The molecule has 0 saturated heterocycles. The Bertz CT molecular complexity index is 492. The van der Waals surface area contributed by atoms with Crippen molar-refractivity contribution in [1.29, 1.82) is 0 Å². The molecule has 96 valence electrons. The zero-order chi connectivity index (χ0) is 13.1. The number of amides is 1. The topological polar surface area (TPSA) is 106 Å². The predicted octanol–water partition coefficient (Wildman–Crippen LogP) is -0.895. The molecule has 8 heteroatoms. The minimum absolute atomic E-state index is 0.0803. The second-order valence-electron chi connectivity index (χ2n) is 3.66. The van der Waals surface area contributed by atoms with Crippen LogP contribution >= 0.6 is 0 Å². The number of nitrogens with zero attached hydrogens (tertiary/aromatic N) is 1. The highest BCUT2D eigenvalue weighted by Crippen LogP contribution is 2.11. The van der Waals surface area contributed by atoms with E-state index < -0.39 is 10.0 Å². The van der Waals surface area contributed by atoms with Crippen LogP contribution in [0.2, 0.25) is 0 Å². The molecule has 0 fully saturated rings. The van der Waals surface area contributed by atoms with Crippen molar-refractivity contribution >= 4 is 15.9 Å². The van der Waals surface area contributed by atoms with Crippen LogP contribution in [-0.4, -0.2) is 39.9 Å². The van der Waals surface area contributed by atoms with E-state index in [0.717, 1.165) is 0 Å². The average Bonchev–Trinajstić information content (AvgIpc) is 2.65. The molecule has 0 atom stereocenters. The molecule has 0 bridgehead atoms. The molecule has 0 aliphatic heterocycles. The summed E-state index contributed by atoms with van der Waals surface area (Å²) in [4.78, 5) is 12.7. The lowest BCUT2D eigenvalue weighted by atomic mass is 10.4. The van der Waals surface area contributed by atoms with Gasteiger partial charge in [-0.05, 0) is 12.1 Å². The highest BCUT2D eigenvalue weighted by molar-refractivity contribution is 7.89. The maximum absolute atomic E-state index is 11.2. The lowest BCUT2D eigenvalue weighted by Gasteiger charge is -2.09. The van der Waals surface area contributed by atoms with Crippen LogP contribution in [0.3, 0.4) is 0 Å². The number of nitrogens with one attached hydrogen (secondary N) is 1. The first-order valence-electron chi connectivity index (χ1n) is 4.83. The first kappa shape index (κ1) is 13.7. The van der Waals surface area contributed by atoms with Gasteiger partial charge in [0, 0.05) is 14.1 Å². The number of primary sulfonamides is 1. The maximum Gasteiger partial charge on any atom is 0.271 e. The van der Waals surface area contributed by atoms with E-state index in [2.05, 4.69) is 5.32 Å². The molecule has 0 spiro atoms. The Labute approximate surface area is 99.6 Å². The van der Waals surface area contributed by atoms with Crippen LogP contribution in [0, 0.1) is 0 Å². The summed E-state index contributed by atoms with van der Waals surface area (Å²) in [6, 6.07) is 2.77. The fraction of sp³-hybridized carbons (Fsp3) is 0.444. The number of furan rings is 1. The summed E-state index contributed by atoms with van der Waals surface area (Å²) in [5.74, 6) is 0.323. The number of hydrogen-bond donors (Lipinski definition) is 2. The lowest BCUT2D eigenvalue weighted by molar-refractivity contribution is -0.127. The van der Waals surface area contributed by atoms with Gasteiger partial charge in [-0.2, -0.15) is 0 Å². The zero-order valence-corrected chi connectivity index (χ0v) is 10.5. The Morgan fingerprint density at radius 1 is 1.47 bits per heavy atom.